The highest BCUT2D eigenvalue weighted by atomic mass is 35.5. The number of benzene rings is 2. The number of sulfonamides is 1. The molecule has 0 aromatic heterocycles. The molecule has 0 bridgehead atoms. The summed E-state index contributed by atoms with van der Waals surface area (Å²) in [5.74, 6) is 0. The minimum atomic E-state index is -3.67. The molecule has 0 amide bonds. The van der Waals surface area contributed by atoms with E-state index in [1.54, 1.807) is 42.5 Å². The minimum Gasteiger partial charge on any atom is -0.352 e. The highest BCUT2D eigenvalue weighted by Gasteiger charge is 2.17. The Hall–Kier alpha value is -1.60. The van der Waals surface area contributed by atoms with Gasteiger partial charge in [-0.25, -0.2) is 8.42 Å². The second kappa shape index (κ2) is 7.31. The van der Waals surface area contributed by atoms with E-state index in [0.29, 0.717) is 16.3 Å². The molecule has 1 N–H and O–H groups in total. The number of hydrogen-bond acceptors (Lipinski definition) is 4. The lowest BCUT2D eigenvalue weighted by molar-refractivity contribution is -0.105. The number of anilines is 1. The van der Waals surface area contributed by atoms with E-state index < -0.39 is 16.3 Å². The number of aryl methyl sites for hydroxylation is 1. The van der Waals surface area contributed by atoms with Gasteiger partial charge < -0.3 is 9.47 Å². The van der Waals surface area contributed by atoms with Gasteiger partial charge in [-0.2, -0.15) is 0 Å². The topological polar surface area (TPSA) is 64.6 Å². The molecule has 0 atom stereocenters. The SMILES string of the molecule is COC(OC)c1cc(NS(=O)(=O)c2ccc(C)cc2)ccc1Cl. The molecule has 0 aliphatic rings. The Balaban J connectivity index is 2.32. The predicted octanol–water partition coefficient (Wildman–Crippen LogP) is 3.74. The van der Waals surface area contributed by atoms with E-state index in [4.69, 9.17) is 21.1 Å². The fourth-order valence-corrected chi connectivity index (χ4v) is 3.33. The lowest BCUT2D eigenvalue weighted by atomic mass is 10.2. The van der Waals surface area contributed by atoms with E-state index >= 15 is 0 Å². The molecule has 0 spiro atoms. The molecule has 0 saturated carbocycles. The summed E-state index contributed by atoms with van der Waals surface area (Å²) in [6.07, 6.45) is -0.675. The lowest BCUT2D eigenvalue weighted by Gasteiger charge is -2.17. The molecular weight excluding hydrogens is 338 g/mol. The summed E-state index contributed by atoms with van der Waals surface area (Å²) in [4.78, 5) is 0.189. The maximum atomic E-state index is 12.4. The van der Waals surface area contributed by atoms with Crippen LogP contribution in [0.5, 0.6) is 0 Å². The molecule has 0 fully saturated rings. The fourth-order valence-electron chi connectivity index (χ4n) is 2.07. The highest BCUT2D eigenvalue weighted by molar-refractivity contribution is 7.92. The summed E-state index contributed by atoms with van der Waals surface area (Å²) in [7, 11) is -0.714. The van der Waals surface area contributed by atoms with Crippen LogP contribution in [0.25, 0.3) is 0 Å². The number of ether oxygens (including phenoxy) is 2. The minimum absolute atomic E-state index is 0.189. The average molecular weight is 356 g/mol. The first-order chi connectivity index (χ1) is 10.9. The van der Waals surface area contributed by atoms with Crippen molar-refractivity contribution in [2.24, 2.45) is 0 Å². The molecule has 5 nitrogen and oxygen atoms in total. The summed E-state index contributed by atoms with van der Waals surface area (Å²) in [5.41, 5.74) is 1.91. The van der Waals surface area contributed by atoms with E-state index in [9.17, 15) is 8.42 Å². The van der Waals surface area contributed by atoms with Crippen LogP contribution >= 0.6 is 11.6 Å². The van der Waals surface area contributed by atoms with Gasteiger partial charge in [0.2, 0.25) is 0 Å². The molecule has 0 heterocycles. The summed E-state index contributed by atoms with van der Waals surface area (Å²) in [6, 6.07) is 11.4. The summed E-state index contributed by atoms with van der Waals surface area (Å²) in [5, 5.41) is 0.428. The second-order valence-electron chi connectivity index (χ2n) is 4.96. The van der Waals surface area contributed by atoms with Gasteiger partial charge in [-0.3, -0.25) is 4.72 Å². The Kier molecular flexibility index (Phi) is 5.64. The quantitative estimate of drug-likeness (QED) is 0.802. The molecule has 0 saturated heterocycles. The molecule has 0 unspecified atom stereocenters. The first-order valence-corrected chi connectivity index (χ1v) is 8.68. The zero-order valence-corrected chi connectivity index (χ0v) is 14.6. The first-order valence-electron chi connectivity index (χ1n) is 6.82. The third-order valence-electron chi connectivity index (χ3n) is 3.26. The number of rotatable bonds is 6. The Morgan fingerprint density at radius 2 is 1.65 bits per heavy atom. The smallest absolute Gasteiger partial charge is 0.261 e. The molecule has 0 radical (unpaired) electrons. The molecule has 7 heteroatoms. The van der Waals surface area contributed by atoms with Crippen molar-refractivity contribution < 1.29 is 17.9 Å². The molecule has 0 aliphatic carbocycles. The van der Waals surface area contributed by atoms with Crippen molar-refractivity contribution in [2.75, 3.05) is 18.9 Å². The Morgan fingerprint density at radius 3 is 2.22 bits per heavy atom. The molecule has 124 valence electrons. The standard InChI is InChI=1S/C16H18ClNO4S/c1-11-4-7-13(8-5-11)23(19,20)18-12-6-9-15(17)14(10-12)16(21-2)22-3/h4-10,16,18H,1-3H3. The van der Waals surface area contributed by atoms with Crippen LogP contribution in [0, 0.1) is 6.92 Å². The van der Waals surface area contributed by atoms with Crippen LogP contribution in [0.2, 0.25) is 5.02 Å². The van der Waals surface area contributed by atoms with E-state index in [0.717, 1.165) is 5.56 Å². The summed E-state index contributed by atoms with van der Waals surface area (Å²) >= 11 is 6.12. The number of methoxy groups -OCH3 is 2. The average Bonchev–Trinajstić information content (AvgIpc) is 2.51. The van der Waals surface area contributed by atoms with Crippen LogP contribution in [0.3, 0.4) is 0 Å². The monoisotopic (exact) mass is 355 g/mol. The van der Waals surface area contributed by atoms with E-state index in [-0.39, 0.29) is 4.90 Å². The van der Waals surface area contributed by atoms with Crippen molar-refractivity contribution in [3.63, 3.8) is 0 Å². The molecular formula is C16H18ClNO4S. The van der Waals surface area contributed by atoms with Crippen molar-refractivity contribution >= 4 is 27.3 Å². The van der Waals surface area contributed by atoms with Gasteiger partial charge >= 0.3 is 0 Å². The largest absolute Gasteiger partial charge is 0.352 e. The second-order valence-corrected chi connectivity index (χ2v) is 7.05. The van der Waals surface area contributed by atoms with Gasteiger partial charge in [0.15, 0.2) is 6.29 Å². The fraction of sp³-hybridized carbons (Fsp3) is 0.250. The number of nitrogens with one attached hydrogen (secondary N) is 1. The van der Waals surface area contributed by atoms with Gasteiger partial charge in [-0.15, -0.1) is 0 Å². The van der Waals surface area contributed by atoms with Gasteiger partial charge in [-0.1, -0.05) is 29.3 Å². The van der Waals surface area contributed by atoms with Gasteiger partial charge in [0.25, 0.3) is 10.0 Å². The first kappa shape index (κ1) is 17.7. The van der Waals surface area contributed by atoms with Crippen LogP contribution in [-0.4, -0.2) is 22.6 Å². The van der Waals surface area contributed by atoms with Crippen LogP contribution in [-0.2, 0) is 19.5 Å². The van der Waals surface area contributed by atoms with E-state index in [1.165, 1.54) is 14.2 Å². The van der Waals surface area contributed by atoms with Crippen LogP contribution in [0.4, 0.5) is 5.69 Å². The Morgan fingerprint density at radius 1 is 1.04 bits per heavy atom. The third-order valence-corrected chi connectivity index (χ3v) is 5.00. The van der Waals surface area contributed by atoms with Crippen LogP contribution in [0.15, 0.2) is 47.4 Å². The lowest BCUT2D eigenvalue weighted by Crippen LogP contribution is -2.13. The van der Waals surface area contributed by atoms with Gasteiger partial charge in [0.1, 0.15) is 0 Å². The third kappa shape index (κ3) is 4.23. The summed E-state index contributed by atoms with van der Waals surface area (Å²) in [6.45, 7) is 1.89. The van der Waals surface area contributed by atoms with Gasteiger partial charge in [0, 0.05) is 30.5 Å². The maximum Gasteiger partial charge on any atom is 0.261 e. The predicted molar refractivity (Wildman–Crippen MR) is 90.2 cm³/mol. The normalized spacial score (nSPS) is 11.7. The van der Waals surface area contributed by atoms with Gasteiger partial charge in [-0.05, 0) is 37.3 Å². The molecule has 2 aromatic carbocycles. The van der Waals surface area contributed by atoms with Crippen molar-refractivity contribution in [2.45, 2.75) is 18.1 Å². The van der Waals surface area contributed by atoms with Crippen LogP contribution < -0.4 is 4.72 Å². The zero-order valence-electron chi connectivity index (χ0n) is 13.0. The number of hydrogen-bond donors (Lipinski definition) is 1. The van der Waals surface area contributed by atoms with Crippen molar-refractivity contribution in [3.05, 3.63) is 58.6 Å². The van der Waals surface area contributed by atoms with Crippen molar-refractivity contribution in [3.8, 4) is 0 Å². The van der Waals surface area contributed by atoms with E-state index in [1.807, 2.05) is 6.92 Å². The van der Waals surface area contributed by atoms with Crippen LogP contribution in [0.1, 0.15) is 17.4 Å². The van der Waals surface area contributed by atoms with Crippen molar-refractivity contribution in [1.29, 1.82) is 0 Å². The van der Waals surface area contributed by atoms with E-state index in [2.05, 4.69) is 4.72 Å². The van der Waals surface area contributed by atoms with Gasteiger partial charge in [0.05, 0.1) is 4.90 Å². The Bertz CT molecular complexity index is 771. The highest BCUT2D eigenvalue weighted by Crippen LogP contribution is 2.29. The van der Waals surface area contributed by atoms with Crippen molar-refractivity contribution in [1.82, 2.24) is 0 Å². The maximum absolute atomic E-state index is 12.4. The summed E-state index contributed by atoms with van der Waals surface area (Å²) < 4.78 is 37.7. The Labute approximate surface area is 141 Å². The molecule has 0 aliphatic heterocycles. The molecule has 2 aromatic rings. The molecule has 2 rings (SSSR count). The number of halogens is 1. The molecule has 23 heavy (non-hydrogen) atoms. The zero-order chi connectivity index (χ0) is 17.0.